The molecule has 0 saturated heterocycles. The van der Waals surface area contributed by atoms with E-state index in [9.17, 15) is 18.0 Å². The van der Waals surface area contributed by atoms with Crippen molar-refractivity contribution in [1.82, 2.24) is 9.88 Å². The molecule has 2 N–H and O–H groups in total. The van der Waals surface area contributed by atoms with Gasteiger partial charge in [-0.1, -0.05) is 0 Å². The second-order valence-electron chi connectivity index (χ2n) is 4.46. The molecule has 20 heavy (non-hydrogen) atoms. The highest BCUT2D eigenvalue weighted by molar-refractivity contribution is 7.90. The van der Waals surface area contributed by atoms with Gasteiger partial charge in [0.2, 0.25) is 0 Å². The summed E-state index contributed by atoms with van der Waals surface area (Å²) in [5.41, 5.74) is 0.345. The highest BCUT2D eigenvalue weighted by Gasteiger charge is 2.23. The molecule has 1 unspecified atom stereocenters. The van der Waals surface area contributed by atoms with Crippen LogP contribution < -0.4 is 5.32 Å². The quantitative estimate of drug-likeness (QED) is 0.744. The minimum Gasteiger partial charge on any atom is -0.480 e. The molecule has 7 nitrogen and oxygen atoms in total. The normalized spacial score (nSPS) is 12.9. The number of carboxylic acid groups (broad SMARTS) is 1. The van der Waals surface area contributed by atoms with Crippen LogP contribution in [0.25, 0.3) is 0 Å². The first-order valence-electron chi connectivity index (χ1n) is 6.11. The third-order valence-electron chi connectivity index (χ3n) is 2.78. The number of aliphatic carboxylic acids is 1. The number of amides is 1. The van der Waals surface area contributed by atoms with Gasteiger partial charge in [-0.25, -0.2) is 13.2 Å². The van der Waals surface area contributed by atoms with Crippen molar-refractivity contribution in [3.63, 3.8) is 0 Å². The molecule has 0 radical (unpaired) electrons. The van der Waals surface area contributed by atoms with Crippen molar-refractivity contribution in [3.05, 3.63) is 24.0 Å². The molecule has 1 atom stereocenters. The van der Waals surface area contributed by atoms with Crippen molar-refractivity contribution in [2.75, 3.05) is 12.0 Å². The highest BCUT2D eigenvalue weighted by atomic mass is 32.2. The summed E-state index contributed by atoms with van der Waals surface area (Å²) in [5, 5.41) is 11.4. The van der Waals surface area contributed by atoms with E-state index in [1.54, 1.807) is 22.9 Å². The van der Waals surface area contributed by atoms with Gasteiger partial charge in [0, 0.05) is 19.0 Å². The summed E-state index contributed by atoms with van der Waals surface area (Å²) in [6.45, 7) is 2.44. The average molecular weight is 302 g/mol. The van der Waals surface area contributed by atoms with E-state index in [-0.39, 0.29) is 12.2 Å². The molecule has 0 fully saturated rings. The first kappa shape index (κ1) is 16.2. The molecule has 0 aromatic carbocycles. The average Bonchev–Trinajstić information content (AvgIpc) is 2.80. The Morgan fingerprint density at radius 3 is 2.60 bits per heavy atom. The van der Waals surface area contributed by atoms with Gasteiger partial charge in [0.15, 0.2) is 0 Å². The summed E-state index contributed by atoms with van der Waals surface area (Å²) in [6, 6.07) is 2.04. The van der Waals surface area contributed by atoms with Gasteiger partial charge in [-0.3, -0.25) is 4.79 Å². The Hall–Kier alpha value is -1.83. The van der Waals surface area contributed by atoms with Gasteiger partial charge in [0.25, 0.3) is 5.91 Å². The van der Waals surface area contributed by atoms with Crippen LogP contribution in [-0.4, -0.2) is 48.0 Å². The largest absolute Gasteiger partial charge is 0.480 e. The van der Waals surface area contributed by atoms with Gasteiger partial charge in [-0.05, 0) is 25.5 Å². The topological polar surface area (TPSA) is 105 Å². The Morgan fingerprint density at radius 1 is 1.45 bits per heavy atom. The van der Waals surface area contributed by atoms with Crippen LogP contribution in [0.4, 0.5) is 0 Å². The third-order valence-corrected chi connectivity index (χ3v) is 3.76. The number of carbonyl (C=O) groups excluding carboxylic acids is 1. The number of sulfone groups is 1. The van der Waals surface area contributed by atoms with Gasteiger partial charge in [0.05, 0.1) is 5.75 Å². The minimum atomic E-state index is -3.27. The molecule has 112 valence electrons. The molecule has 1 amide bonds. The van der Waals surface area contributed by atoms with E-state index in [2.05, 4.69) is 5.32 Å². The molecule has 1 heterocycles. The number of rotatable bonds is 7. The predicted molar refractivity (Wildman–Crippen MR) is 73.3 cm³/mol. The second-order valence-corrected chi connectivity index (χ2v) is 6.72. The van der Waals surface area contributed by atoms with E-state index in [1.165, 1.54) is 0 Å². The summed E-state index contributed by atoms with van der Waals surface area (Å²) < 4.78 is 23.8. The van der Waals surface area contributed by atoms with Crippen LogP contribution >= 0.6 is 0 Å². The van der Waals surface area contributed by atoms with Crippen molar-refractivity contribution >= 4 is 21.7 Å². The Balaban J connectivity index is 2.76. The van der Waals surface area contributed by atoms with Crippen LogP contribution in [0, 0.1) is 0 Å². The molecular weight excluding hydrogens is 284 g/mol. The van der Waals surface area contributed by atoms with Crippen molar-refractivity contribution < 1.29 is 23.1 Å². The fourth-order valence-corrected chi connectivity index (χ4v) is 2.38. The molecule has 1 aromatic heterocycles. The van der Waals surface area contributed by atoms with E-state index < -0.39 is 27.8 Å². The Labute approximate surface area is 117 Å². The van der Waals surface area contributed by atoms with Gasteiger partial charge in [-0.2, -0.15) is 0 Å². The van der Waals surface area contributed by atoms with Crippen molar-refractivity contribution in [3.8, 4) is 0 Å². The molecule has 0 aliphatic heterocycles. The maximum atomic E-state index is 12.0. The molecule has 0 aliphatic carbocycles. The van der Waals surface area contributed by atoms with Crippen molar-refractivity contribution in [2.45, 2.75) is 25.9 Å². The zero-order valence-electron chi connectivity index (χ0n) is 11.4. The summed E-state index contributed by atoms with van der Waals surface area (Å²) in [6.07, 6.45) is 2.57. The Kier molecular flexibility index (Phi) is 5.32. The number of nitrogens with zero attached hydrogens (tertiary/aromatic N) is 1. The molecule has 8 heteroatoms. The number of nitrogens with one attached hydrogen (secondary N) is 1. The van der Waals surface area contributed by atoms with Crippen molar-refractivity contribution in [2.24, 2.45) is 0 Å². The van der Waals surface area contributed by atoms with Crippen LogP contribution in [0.1, 0.15) is 23.8 Å². The molecule has 1 aromatic rings. The minimum absolute atomic E-state index is 0.160. The second kappa shape index (κ2) is 6.56. The monoisotopic (exact) mass is 302 g/mol. The van der Waals surface area contributed by atoms with Crippen molar-refractivity contribution in [1.29, 1.82) is 0 Å². The lowest BCUT2D eigenvalue weighted by Gasteiger charge is -2.14. The lowest BCUT2D eigenvalue weighted by molar-refractivity contribution is -0.139. The fraction of sp³-hybridized carbons (Fsp3) is 0.500. The lowest BCUT2D eigenvalue weighted by Crippen LogP contribution is -2.42. The molecule has 1 rings (SSSR count). The maximum absolute atomic E-state index is 12.0. The lowest BCUT2D eigenvalue weighted by atomic mass is 10.2. The number of hydrogen-bond acceptors (Lipinski definition) is 4. The third kappa shape index (κ3) is 4.69. The van der Waals surface area contributed by atoms with E-state index in [4.69, 9.17) is 5.11 Å². The smallest absolute Gasteiger partial charge is 0.326 e. The SMILES string of the molecule is CCn1cccc1C(=O)NC(CCS(C)(=O)=O)C(=O)O. The molecular formula is C12H18N2O5S. The Morgan fingerprint density at radius 2 is 2.10 bits per heavy atom. The number of carbonyl (C=O) groups is 2. The zero-order chi connectivity index (χ0) is 15.3. The van der Waals surface area contributed by atoms with E-state index in [0.717, 1.165) is 6.26 Å². The predicted octanol–water partition coefficient (Wildman–Crippen LogP) is 0.126. The molecule has 0 spiro atoms. The molecule has 0 aliphatic rings. The van der Waals surface area contributed by atoms with Gasteiger partial charge >= 0.3 is 5.97 Å². The van der Waals surface area contributed by atoms with Crippen LogP contribution in [0.15, 0.2) is 18.3 Å². The van der Waals surface area contributed by atoms with E-state index in [1.807, 2.05) is 6.92 Å². The van der Waals surface area contributed by atoms with Crippen LogP contribution in [0.5, 0.6) is 0 Å². The highest BCUT2D eigenvalue weighted by Crippen LogP contribution is 2.04. The summed E-state index contributed by atoms with van der Waals surface area (Å²) in [5.74, 6) is -2.08. The molecule has 0 bridgehead atoms. The van der Waals surface area contributed by atoms with E-state index >= 15 is 0 Å². The standard InChI is InChI=1S/C12H18N2O5S/c1-3-14-7-4-5-10(14)11(15)13-9(12(16)17)6-8-20(2,18)19/h4-5,7,9H,3,6,8H2,1-2H3,(H,13,15)(H,16,17). The van der Waals surface area contributed by atoms with Crippen LogP contribution in [0.2, 0.25) is 0 Å². The Bertz CT molecular complexity index is 591. The summed E-state index contributed by atoms with van der Waals surface area (Å²) in [7, 11) is -3.27. The fourth-order valence-electron chi connectivity index (χ4n) is 1.72. The van der Waals surface area contributed by atoms with E-state index in [0.29, 0.717) is 12.2 Å². The first-order chi connectivity index (χ1) is 9.24. The maximum Gasteiger partial charge on any atom is 0.326 e. The first-order valence-corrected chi connectivity index (χ1v) is 8.17. The van der Waals surface area contributed by atoms with Crippen LogP contribution in [-0.2, 0) is 21.2 Å². The van der Waals surface area contributed by atoms with Gasteiger partial charge < -0.3 is 15.0 Å². The number of hydrogen-bond donors (Lipinski definition) is 2. The zero-order valence-corrected chi connectivity index (χ0v) is 12.2. The number of aromatic nitrogens is 1. The van der Waals surface area contributed by atoms with Crippen LogP contribution in [0.3, 0.4) is 0 Å². The van der Waals surface area contributed by atoms with Gasteiger partial charge in [0.1, 0.15) is 21.6 Å². The van der Waals surface area contributed by atoms with Gasteiger partial charge in [-0.15, -0.1) is 0 Å². The number of carboxylic acids is 1. The summed E-state index contributed by atoms with van der Waals surface area (Å²) >= 11 is 0. The number of aryl methyl sites for hydroxylation is 1. The summed E-state index contributed by atoms with van der Waals surface area (Å²) in [4.78, 5) is 23.0. The molecule has 0 saturated carbocycles.